The smallest absolute Gasteiger partial charge is 0.405 e. The highest BCUT2D eigenvalue weighted by Gasteiger charge is 2.53. The van der Waals surface area contributed by atoms with Gasteiger partial charge in [0.25, 0.3) is 0 Å². The van der Waals surface area contributed by atoms with Crippen molar-refractivity contribution in [1.82, 2.24) is 0 Å². The number of nitriles is 1. The zero-order valence-electron chi connectivity index (χ0n) is 12.0. The Morgan fingerprint density at radius 2 is 1.77 bits per heavy atom. The van der Waals surface area contributed by atoms with Crippen LogP contribution in [0.4, 0.5) is 4.79 Å². The number of primary amides is 1. The normalized spacial score (nSPS) is 16.3. The van der Waals surface area contributed by atoms with Crippen molar-refractivity contribution in [1.29, 1.82) is 5.26 Å². The summed E-state index contributed by atoms with van der Waals surface area (Å²) in [6, 6.07) is 19.2. The Balaban J connectivity index is 1.99. The van der Waals surface area contributed by atoms with Crippen LogP contribution in [0.1, 0.15) is 35.6 Å². The van der Waals surface area contributed by atoms with Crippen molar-refractivity contribution in [3.63, 3.8) is 0 Å². The van der Waals surface area contributed by atoms with Crippen LogP contribution < -0.4 is 5.73 Å². The number of carbonyl (C=O) groups excluding carboxylic acids is 1. The van der Waals surface area contributed by atoms with E-state index in [0.717, 1.165) is 24.0 Å². The minimum absolute atomic E-state index is 0.246. The fourth-order valence-electron chi connectivity index (χ4n) is 2.96. The fourth-order valence-corrected chi connectivity index (χ4v) is 2.96. The molecule has 0 aliphatic heterocycles. The summed E-state index contributed by atoms with van der Waals surface area (Å²) < 4.78 is 5.45. The summed E-state index contributed by atoms with van der Waals surface area (Å²) in [4.78, 5) is 11.3. The zero-order chi connectivity index (χ0) is 15.6. The predicted molar refractivity (Wildman–Crippen MR) is 81.9 cm³/mol. The number of nitrogens with two attached hydrogens (primary N) is 1. The Kier molecular flexibility index (Phi) is 3.56. The second kappa shape index (κ2) is 5.53. The van der Waals surface area contributed by atoms with Gasteiger partial charge in [-0.25, -0.2) is 4.79 Å². The van der Waals surface area contributed by atoms with E-state index in [-0.39, 0.29) is 5.41 Å². The summed E-state index contributed by atoms with van der Waals surface area (Å²) in [6.45, 7) is 0. The van der Waals surface area contributed by atoms with Crippen molar-refractivity contribution in [2.24, 2.45) is 5.73 Å². The number of carbonyl (C=O) groups is 1. The highest BCUT2D eigenvalue weighted by molar-refractivity contribution is 5.65. The molecular formula is C18H16N2O2. The van der Waals surface area contributed by atoms with Crippen LogP contribution in [-0.4, -0.2) is 6.09 Å². The lowest BCUT2D eigenvalue weighted by atomic mass is 9.85. The van der Waals surface area contributed by atoms with Gasteiger partial charge in [0, 0.05) is 5.41 Å². The average molecular weight is 292 g/mol. The van der Waals surface area contributed by atoms with E-state index in [0.29, 0.717) is 5.56 Å². The minimum Gasteiger partial charge on any atom is -0.441 e. The maximum atomic E-state index is 11.3. The molecule has 4 heteroatoms. The summed E-state index contributed by atoms with van der Waals surface area (Å²) >= 11 is 0. The lowest BCUT2D eigenvalue weighted by Gasteiger charge is -2.27. The lowest BCUT2D eigenvalue weighted by Crippen LogP contribution is -2.27. The molecule has 4 nitrogen and oxygen atoms in total. The van der Waals surface area contributed by atoms with Gasteiger partial charge in [-0.3, -0.25) is 0 Å². The number of ether oxygens (including phenoxy) is 1. The number of hydrogen-bond donors (Lipinski definition) is 1. The largest absolute Gasteiger partial charge is 0.441 e. The molecule has 1 unspecified atom stereocenters. The molecule has 22 heavy (non-hydrogen) atoms. The van der Waals surface area contributed by atoms with Gasteiger partial charge in [0.1, 0.15) is 6.10 Å². The van der Waals surface area contributed by atoms with Crippen LogP contribution >= 0.6 is 0 Å². The van der Waals surface area contributed by atoms with Gasteiger partial charge in [-0.2, -0.15) is 5.26 Å². The van der Waals surface area contributed by atoms with E-state index in [1.807, 2.05) is 42.5 Å². The molecule has 1 amide bonds. The molecular weight excluding hydrogens is 276 g/mol. The highest BCUT2D eigenvalue weighted by Crippen LogP contribution is 2.58. The van der Waals surface area contributed by atoms with E-state index in [2.05, 4.69) is 6.07 Å². The van der Waals surface area contributed by atoms with Gasteiger partial charge in [-0.05, 0) is 36.1 Å². The monoisotopic (exact) mass is 292 g/mol. The van der Waals surface area contributed by atoms with E-state index in [9.17, 15) is 4.79 Å². The molecule has 1 aliphatic rings. The van der Waals surface area contributed by atoms with Crippen molar-refractivity contribution < 1.29 is 9.53 Å². The number of benzene rings is 2. The third-order valence-corrected chi connectivity index (χ3v) is 4.22. The van der Waals surface area contributed by atoms with Gasteiger partial charge < -0.3 is 10.5 Å². The molecule has 0 saturated heterocycles. The van der Waals surface area contributed by atoms with E-state index in [1.54, 1.807) is 12.1 Å². The van der Waals surface area contributed by atoms with Crippen LogP contribution in [0, 0.1) is 11.3 Å². The number of rotatable bonds is 4. The van der Waals surface area contributed by atoms with Crippen LogP contribution in [0.2, 0.25) is 0 Å². The minimum atomic E-state index is -0.770. The van der Waals surface area contributed by atoms with Crippen molar-refractivity contribution in [3.05, 3.63) is 71.3 Å². The van der Waals surface area contributed by atoms with E-state index >= 15 is 0 Å². The Morgan fingerprint density at radius 1 is 1.14 bits per heavy atom. The van der Waals surface area contributed by atoms with Crippen molar-refractivity contribution in [3.8, 4) is 6.07 Å². The predicted octanol–water partition coefficient (Wildman–Crippen LogP) is 3.43. The molecule has 2 N–H and O–H groups in total. The van der Waals surface area contributed by atoms with E-state index < -0.39 is 12.2 Å². The molecule has 0 radical (unpaired) electrons. The summed E-state index contributed by atoms with van der Waals surface area (Å²) in [6.07, 6.45) is 0.671. The first-order valence-corrected chi connectivity index (χ1v) is 7.17. The Labute approximate surface area is 129 Å². The zero-order valence-corrected chi connectivity index (χ0v) is 12.0. The first kappa shape index (κ1) is 14.2. The maximum absolute atomic E-state index is 11.3. The first-order chi connectivity index (χ1) is 10.7. The van der Waals surface area contributed by atoms with Gasteiger partial charge in [0.15, 0.2) is 0 Å². The second-order valence-corrected chi connectivity index (χ2v) is 5.57. The Morgan fingerprint density at radius 3 is 2.27 bits per heavy atom. The van der Waals surface area contributed by atoms with Gasteiger partial charge in [0.2, 0.25) is 0 Å². The van der Waals surface area contributed by atoms with Crippen LogP contribution in [0.3, 0.4) is 0 Å². The molecule has 2 aromatic carbocycles. The fraction of sp³-hybridized carbons (Fsp3) is 0.222. The van der Waals surface area contributed by atoms with Gasteiger partial charge in [-0.15, -0.1) is 0 Å². The second-order valence-electron chi connectivity index (χ2n) is 5.57. The van der Waals surface area contributed by atoms with E-state index in [4.69, 9.17) is 15.7 Å². The van der Waals surface area contributed by atoms with Crippen LogP contribution in [0.5, 0.6) is 0 Å². The summed E-state index contributed by atoms with van der Waals surface area (Å²) in [5, 5.41) is 8.92. The highest BCUT2D eigenvalue weighted by atomic mass is 16.6. The van der Waals surface area contributed by atoms with Gasteiger partial charge in [0.05, 0.1) is 11.6 Å². The van der Waals surface area contributed by atoms with Gasteiger partial charge >= 0.3 is 6.09 Å². The van der Waals surface area contributed by atoms with Crippen LogP contribution in [0.25, 0.3) is 0 Å². The molecule has 110 valence electrons. The molecule has 1 atom stereocenters. The van der Waals surface area contributed by atoms with Crippen molar-refractivity contribution in [2.75, 3.05) is 0 Å². The molecule has 2 aromatic rings. The quantitative estimate of drug-likeness (QED) is 0.938. The molecule has 1 fully saturated rings. The number of amides is 1. The molecule has 1 aliphatic carbocycles. The van der Waals surface area contributed by atoms with E-state index in [1.165, 1.54) is 0 Å². The van der Waals surface area contributed by atoms with Crippen LogP contribution in [-0.2, 0) is 10.2 Å². The SMILES string of the molecule is N#Cc1ccc(C2(C(OC(N)=O)c3ccccc3)CC2)cc1. The average Bonchev–Trinajstić information content (AvgIpc) is 3.35. The molecule has 0 bridgehead atoms. The molecule has 0 aromatic heterocycles. The van der Waals surface area contributed by atoms with Crippen molar-refractivity contribution >= 4 is 6.09 Å². The maximum Gasteiger partial charge on any atom is 0.405 e. The summed E-state index contributed by atoms with van der Waals surface area (Å²) in [5.41, 5.74) is 7.65. The third-order valence-electron chi connectivity index (χ3n) is 4.22. The molecule has 0 heterocycles. The lowest BCUT2D eigenvalue weighted by molar-refractivity contribution is 0.0819. The standard InChI is InChI=1S/C18H16N2O2/c19-12-13-6-8-15(9-7-13)18(10-11-18)16(22-17(20)21)14-4-2-1-3-5-14/h1-9,16H,10-11H2,(H2,20,21). The van der Waals surface area contributed by atoms with Gasteiger partial charge in [-0.1, -0.05) is 42.5 Å². The third kappa shape index (κ3) is 2.53. The summed E-state index contributed by atoms with van der Waals surface area (Å²) in [7, 11) is 0. The Hall–Kier alpha value is -2.80. The number of nitrogens with zero attached hydrogens (tertiary/aromatic N) is 1. The summed E-state index contributed by atoms with van der Waals surface area (Å²) in [5.74, 6) is 0. The van der Waals surface area contributed by atoms with Crippen molar-refractivity contribution in [2.45, 2.75) is 24.4 Å². The molecule has 3 rings (SSSR count). The Bertz CT molecular complexity index is 713. The first-order valence-electron chi connectivity index (χ1n) is 7.17. The molecule has 0 spiro atoms. The van der Waals surface area contributed by atoms with Crippen LogP contribution in [0.15, 0.2) is 54.6 Å². The molecule has 1 saturated carbocycles. The topological polar surface area (TPSA) is 76.1 Å². The number of hydrogen-bond acceptors (Lipinski definition) is 3.